The second kappa shape index (κ2) is 8.57. The van der Waals surface area contributed by atoms with Gasteiger partial charge in [-0.25, -0.2) is 0 Å². The molecule has 0 amide bonds. The molecule has 1 heterocycles. The number of carbonyl (C=O) groups is 1. The monoisotopic (exact) mass is 341 g/mol. The fourth-order valence-corrected chi connectivity index (χ4v) is 2.46. The molecule has 23 heavy (non-hydrogen) atoms. The lowest BCUT2D eigenvalue weighted by Gasteiger charge is -2.07. The molecule has 0 aliphatic heterocycles. The van der Waals surface area contributed by atoms with Crippen molar-refractivity contribution in [2.75, 3.05) is 5.32 Å². The molecule has 0 atom stereocenters. The van der Waals surface area contributed by atoms with Crippen LogP contribution in [0.4, 0.5) is 14.5 Å². The average Bonchev–Trinajstić information content (AvgIpc) is 2.97. The second-order valence-electron chi connectivity index (χ2n) is 4.89. The third kappa shape index (κ3) is 6.32. The van der Waals surface area contributed by atoms with Gasteiger partial charge in [-0.15, -0.1) is 0 Å². The molecule has 2 rings (SSSR count). The molecule has 0 saturated heterocycles. The van der Waals surface area contributed by atoms with Crippen LogP contribution in [0.1, 0.15) is 23.5 Å². The lowest BCUT2D eigenvalue weighted by atomic mass is 10.1. The maximum Gasteiger partial charge on any atom is 0.303 e. The van der Waals surface area contributed by atoms with Crippen molar-refractivity contribution in [2.45, 2.75) is 30.9 Å². The predicted octanol–water partition coefficient (Wildman–Crippen LogP) is 4.36. The third-order valence-electron chi connectivity index (χ3n) is 3.09. The summed E-state index contributed by atoms with van der Waals surface area (Å²) >= 11 is 0.526. The summed E-state index contributed by atoms with van der Waals surface area (Å²) in [6.07, 6.45) is 0.563. The molecule has 7 heteroatoms. The van der Waals surface area contributed by atoms with Gasteiger partial charge in [0.1, 0.15) is 11.5 Å². The number of halogens is 2. The number of thioether (sulfide) groups is 1. The summed E-state index contributed by atoms with van der Waals surface area (Å²) in [5, 5.41) is 11.9. The Hall–Kier alpha value is -2.02. The van der Waals surface area contributed by atoms with Crippen LogP contribution < -0.4 is 5.32 Å². The van der Waals surface area contributed by atoms with Gasteiger partial charge in [-0.1, -0.05) is 23.9 Å². The van der Waals surface area contributed by atoms with Gasteiger partial charge in [0.25, 0.3) is 5.76 Å². The number of furan rings is 1. The van der Waals surface area contributed by atoms with Crippen molar-refractivity contribution in [1.82, 2.24) is 0 Å². The highest BCUT2D eigenvalue weighted by Crippen LogP contribution is 2.21. The predicted molar refractivity (Wildman–Crippen MR) is 85.7 cm³/mol. The van der Waals surface area contributed by atoms with E-state index in [9.17, 15) is 13.6 Å². The number of nitrogens with one attached hydrogen (secondary N) is 1. The summed E-state index contributed by atoms with van der Waals surface area (Å²) in [6, 6.07) is 10.9. The van der Waals surface area contributed by atoms with E-state index in [4.69, 9.17) is 9.52 Å². The zero-order valence-corrected chi connectivity index (χ0v) is 13.1. The quantitative estimate of drug-likeness (QED) is 0.709. The van der Waals surface area contributed by atoms with Gasteiger partial charge in [0.2, 0.25) is 0 Å². The van der Waals surface area contributed by atoms with Gasteiger partial charge in [-0.05, 0) is 36.2 Å². The van der Waals surface area contributed by atoms with Crippen molar-refractivity contribution in [3.8, 4) is 0 Å². The average molecular weight is 341 g/mol. The van der Waals surface area contributed by atoms with Crippen molar-refractivity contribution in [1.29, 1.82) is 0 Å². The van der Waals surface area contributed by atoms with E-state index in [-0.39, 0.29) is 12.2 Å². The topological polar surface area (TPSA) is 62.5 Å². The van der Waals surface area contributed by atoms with Crippen molar-refractivity contribution in [3.63, 3.8) is 0 Å². The molecular weight excluding hydrogens is 324 g/mol. The van der Waals surface area contributed by atoms with E-state index in [1.807, 2.05) is 24.3 Å². The van der Waals surface area contributed by atoms with Crippen molar-refractivity contribution < 1.29 is 23.1 Å². The number of aryl methyl sites for hydroxylation is 1. The summed E-state index contributed by atoms with van der Waals surface area (Å²) < 4.78 is 29.7. The normalized spacial score (nSPS) is 10.9. The fraction of sp³-hybridized carbons (Fsp3) is 0.312. The maximum absolute atomic E-state index is 12.1. The molecule has 2 N–H and O–H groups in total. The Morgan fingerprint density at radius 1 is 1.26 bits per heavy atom. The van der Waals surface area contributed by atoms with E-state index >= 15 is 0 Å². The van der Waals surface area contributed by atoms with E-state index in [1.165, 1.54) is 0 Å². The standard InChI is InChI=1S/C16H17F2NO3S/c17-16(18)23-10-14-6-5-13(22-14)9-19-12-3-1-2-11(8-12)4-7-15(20)21/h1-3,5-6,8,16,19H,4,7,9-10H2,(H,20,21). The second-order valence-corrected chi connectivity index (χ2v) is 5.87. The minimum absolute atomic E-state index is 0.0901. The van der Waals surface area contributed by atoms with Gasteiger partial charge in [-0.2, -0.15) is 8.78 Å². The Balaban J connectivity index is 1.85. The third-order valence-corrected chi connectivity index (χ3v) is 3.79. The van der Waals surface area contributed by atoms with Crippen LogP contribution in [0, 0.1) is 0 Å². The largest absolute Gasteiger partial charge is 0.481 e. The zero-order chi connectivity index (χ0) is 16.7. The summed E-state index contributed by atoms with van der Waals surface area (Å²) in [5.41, 5.74) is 1.79. The molecule has 1 aromatic heterocycles. The van der Waals surface area contributed by atoms with E-state index in [2.05, 4.69) is 5.32 Å². The molecule has 4 nitrogen and oxygen atoms in total. The number of rotatable bonds is 9. The van der Waals surface area contributed by atoms with E-state index in [0.29, 0.717) is 36.2 Å². The fourth-order valence-electron chi connectivity index (χ4n) is 2.02. The highest BCUT2D eigenvalue weighted by Gasteiger charge is 2.07. The van der Waals surface area contributed by atoms with Gasteiger partial charge in [0.05, 0.1) is 12.3 Å². The molecule has 0 radical (unpaired) electrons. The van der Waals surface area contributed by atoms with Crippen molar-refractivity contribution in [3.05, 3.63) is 53.5 Å². The van der Waals surface area contributed by atoms with E-state index in [0.717, 1.165) is 11.3 Å². The molecule has 124 valence electrons. The van der Waals surface area contributed by atoms with Crippen LogP contribution in [0.5, 0.6) is 0 Å². The van der Waals surface area contributed by atoms with Gasteiger partial charge < -0.3 is 14.8 Å². The first-order chi connectivity index (χ1) is 11.0. The van der Waals surface area contributed by atoms with E-state index < -0.39 is 11.7 Å². The number of alkyl halides is 2. The zero-order valence-electron chi connectivity index (χ0n) is 12.3. The molecule has 0 unspecified atom stereocenters. The van der Waals surface area contributed by atoms with Gasteiger partial charge in [-0.3, -0.25) is 4.79 Å². The molecule has 0 aliphatic carbocycles. The lowest BCUT2D eigenvalue weighted by Crippen LogP contribution is -2.00. The van der Waals surface area contributed by atoms with Crippen molar-refractivity contribution in [2.24, 2.45) is 0 Å². The van der Waals surface area contributed by atoms with Crippen LogP contribution in [-0.4, -0.2) is 16.8 Å². The Bertz CT molecular complexity index is 646. The number of anilines is 1. The van der Waals surface area contributed by atoms with Crippen LogP contribution in [0.2, 0.25) is 0 Å². The van der Waals surface area contributed by atoms with Crippen LogP contribution in [0.15, 0.2) is 40.8 Å². The molecule has 2 aromatic rings. The number of carboxylic acids is 1. The first-order valence-electron chi connectivity index (χ1n) is 7.05. The molecule has 0 spiro atoms. The lowest BCUT2D eigenvalue weighted by molar-refractivity contribution is -0.136. The number of carboxylic acid groups (broad SMARTS) is 1. The first kappa shape index (κ1) is 17.3. The van der Waals surface area contributed by atoms with Crippen molar-refractivity contribution >= 4 is 23.4 Å². The van der Waals surface area contributed by atoms with Crippen LogP contribution in [-0.2, 0) is 23.5 Å². The summed E-state index contributed by atoms with van der Waals surface area (Å²) in [7, 11) is 0. The molecule has 0 bridgehead atoms. The Morgan fingerprint density at radius 2 is 2.04 bits per heavy atom. The maximum atomic E-state index is 12.1. The Labute approximate surface area is 136 Å². The number of benzene rings is 1. The Kier molecular flexibility index (Phi) is 6.46. The summed E-state index contributed by atoms with van der Waals surface area (Å²) in [5.74, 6) is -1.92. The minimum atomic E-state index is -2.41. The number of hydrogen-bond donors (Lipinski definition) is 2. The van der Waals surface area contributed by atoms with Gasteiger partial charge in [0, 0.05) is 12.1 Å². The highest BCUT2D eigenvalue weighted by atomic mass is 32.2. The van der Waals surface area contributed by atoms with Crippen LogP contribution in [0.25, 0.3) is 0 Å². The van der Waals surface area contributed by atoms with Crippen LogP contribution in [0.3, 0.4) is 0 Å². The molecule has 0 saturated carbocycles. The molecule has 0 fully saturated rings. The summed E-state index contributed by atoms with van der Waals surface area (Å²) in [4.78, 5) is 10.6. The van der Waals surface area contributed by atoms with Crippen LogP contribution >= 0.6 is 11.8 Å². The number of hydrogen-bond acceptors (Lipinski definition) is 4. The van der Waals surface area contributed by atoms with E-state index in [1.54, 1.807) is 12.1 Å². The smallest absolute Gasteiger partial charge is 0.303 e. The number of aliphatic carboxylic acids is 1. The molecule has 1 aromatic carbocycles. The van der Waals surface area contributed by atoms with Gasteiger partial charge >= 0.3 is 5.97 Å². The molecular formula is C16H17F2NO3S. The van der Waals surface area contributed by atoms with Gasteiger partial charge in [0.15, 0.2) is 0 Å². The minimum Gasteiger partial charge on any atom is -0.481 e. The highest BCUT2D eigenvalue weighted by molar-refractivity contribution is 7.98. The Morgan fingerprint density at radius 3 is 2.78 bits per heavy atom. The first-order valence-corrected chi connectivity index (χ1v) is 8.10. The molecule has 0 aliphatic rings. The SMILES string of the molecule is O=C(O)CCc1cccc(NCc2ccc(CSC(F)F)o2)c1. The summed E-state index contributed by atoms with van der Waals surface area (Å²) in [6.45, 7) is 0.432.